The van der Waals surface area contributed by atoms with Gasteiger partial charge in [0.15, 0.2) is 0 Å². The van der Waals surface area contributed by atoms with Crippen molar-refractivity contribution >= 4 is 17.6 Å². The van der Waals surface area contributed by atoms with Crippen molar-refractivity contribution in [1.29, 1.82) is 0 Å². The molecule has 140 valence electrons. The van der Waals surface area contributed by atoms with Gasteiger partial charge in [0.25, 0.3) is 0 Å². The molecule has 0 amide bonds. The Labute approximate surface area is 160 Å². The van der Waals surface area contributed by atoms with Crippen LogP contribution in [0.3, 0.4) is 0 Å². The number of hydrogen-bond acceptors (Lipinski definition) is 5. The first kappa shape index (κ1) is 16.8. The van der Waals surface area contributed by atoms with E-state index in [4.69, 9.17) is 4.74 Å². The first-order chi connectivity index (χ1) is 13.6. The predicted molar refractivity (Wildman–Crippen MR) is 100 cm³/mol. The summed E-state index contributed by atoms with van der Waals surface area (Å²) in [4.78, 5) is 22.2. The summed E-state index contributed by atoms with van der Waals surface area (Å²) in [6.07, 6.45) is 3.17. The molecule has 0 atom stereocenters. The van der Waals surface area contributed by atoms with Crippen LogP contribution in [0.15, 0.2) is 54.9 Å². The smallest absolute Gasteiger partial charge is 0.335 e. The summed E-state index contributed by atoms with van der Waals surface area (Å²) in [6, 6.07) is 11.6. The number of nitrogens with zero attached hydrogens (tertiary/aromatic N) is 3. The maximum atomic E-state index is 14.0. The Bertz CT molecular complexity index is 1080. The van der Waals surface area contributed by atoms with Crippen molar-refractivity contribution in [1.82, 2.24) is 9.97 Å². The van der Waals surface area contributed by atoms with Gasteiger partial charge in [-0.3, -0.25) is 0 Å². The van der Waals surface area contributed by atoms with Crippen molar-refractivity contribution in [2.24, 2.45) is 0 Å². The Balaban J connectivity index is 1.54. The molecule has 3 heterocycles. The maximum Gasteiger partial charge on any atom is 0.335 e. The molecule has 0 saturated carbocycles. The number of rotatable bonds is 3. The number of carboxylic acid groups (broad SMARTS) is 1. The Morgan fingerprint density at radius 2 is 1.89 bits per heavy atom. The van der Waals surface area contributed by atoms with Crippen molar-refractivity contribution in [3.05, 3.63) is 71.8 Å². The summed E-state index contributed by atoms with van der Waals surface area (Å²) in [6.45, 7) is 1.77. The van der Waals surface area contributed by atoms with Gasteiger partial charge in [-0.2, -0.15) is 0 Å². The first-order valence-corrected chi connectivity index (χ1v) is 8.87. The lowest BCUT2D eigenvalue weighted by Crippen LogP contribution is -2.49. The van der Waals surface area contributed by atoms with Crippen LogP contribution in [-0.4, -0.2) is 40.8 Å². The number of fused-ring (bicyclic) bond motifs is 2. The van der Waals surface area contributed by atoms with Gasteiger partial charge in [-0.05, 0) is 23.8 Å². The second-order valence-corrected chi connectivity index (χ2v) is 7.15. The van der Waals surface area contributed by atoms with Crippen molar-refractivity contribution in [2.45, 2.75) is 5.41 Å². The average molecular weight is 377 g/mol. The fraction of sp³-hybridized carbons (Fsp3) is 0.190. The molecule has 1 N–H and O–H groups in total. The van der Waals surface area contributed by atoms with Gasteiger partial charge in [0.2, 0.25) is 5.95 Å². The van der Waals surface area contributed by atoms with Crippen LogP contribution in [-0.2, 0) is 10.2 Å². The molecule has 1 fully saturated rings. The van der Waals surface area contributed by atoms with E-state index >= 15 is 0 Å². The number of ether oxygens (including phenoxy) is 1. The third-order valence-electron chi connectivity index (χ3n) is 5.39. The zero-order chi connectivity index (χ0) is 19.3. The van der Waals surface area contributed by atoms with E-state index in [0.717, 1.165) is 11.3 Å². The first-order valence-electron chi connectivity index (χ1n) is 8.87. The summed E-state index contributed by atoms with van der Waals surface area (Å²) in [7, 11) is 0. The second-order valence-electron chi connectivity index (χ2n) is 7.15. The van der Waals surface area contributed by atoms with Gasteiger partial charge in [-0.25, -0.2) is 19.2 Å². The van der Waals surface area contributed by atoms with E-state index in [1.54, 1.807) is 42.7 Å². The van der Waals surface area contributed by atoms with Gasteiger partial charge in [0, 0.05) is 35.8 Å². The SMILES string of the molecule is O=C(O)c1ccc2c(c1)N(c1ncc(-c3ccccc3F)cn1)CC21COC1. The number of aromatic nitrogens is 2. The Morgan fingerprint density at radius 1 is 1.14 bits per heavy atom. The van der Waals surface area contributed by atoms with Crippen molar-refractivity contribution in [3.63, 3.8) is 0 Å². The molecule has 6 nitrogen and oxygen atoms in total. The van der Waals surface area contributed by atoms with Crippen LogP contribution in [0.5, 0.6) is 0 Å². The van der Waals surface area contributed by atoms with Gasteiger partial charge < -0.3 is 14.7 Å². The summed E-state index contributed by atoms with van der Waals surface area (Å²) in [5, 5.41) is 9.35. The fourth-order valence-electron chi connectivity index (χ4n) is 3.88. The third-order valence-corrected chi connectivity index (χ3v) is 5.39. The van der Waals surface area contributed by atoms with Crippen LogP contribution >= 0.6 is 0 Å². The molecule has 2 aromatic carbocycles. The minimum atomic E-state index is -0.982. The minimum absolute atomic E-state index is 0.167. The van der Waals surface area contributed by atoms with Crippen LogP contribution in [0.2, 0.25) is 0 Å². The molecule has 1 aromatic heterocycles. The molecular weight excluding hydrogens is 361 g/mol. The molecule has 28 heavy (non-hydrogen) atoms. The second kappa shape index (κ2) is 6.10. The molecule has 2 aliphatic rings. The van der Waals surface area contributed by atoms with Crippen LogP contribution in [0, 0.1) is 5.82 Å². The van der Waals surface area contributed by atoms with Crippen LogP contribution in [0.25, 0.3) is 11.1 Å². The zero-order valence-corrected chi connectivity index (χ0v) is 14.8. The molecule has 0 bridgehead atoms. The highest BCUT2D eigenvalue weighted by molar-refractivity contribution is 5.90. The van der Waals surface area contributed by atoms with Crippen molar-refractivity contribution in [3.8, 4) is 11.1 Å². The Hall–Kier alpha value is -3.32. The van der Waals surface area contributed by atoms with E-state index in [2.05, 4.69) is 9.97 Å². The molecule has 1 spiro atoms. The number of halogens is 1. The lowest BCUT2D eigenvalue weighted by atomic mass is 9.80. The molecule has 5 rings (SSSR count). The summed E-state index contributed by atoms with van der Waals surface area (Å²) >= 11 is 0. The summed E-state index contributed by atoms with van der Waals surface area (Å²) in [5.41, 5.74) is 2.89. The maximum absolute atomic E-state index is 14.0. The van der Waals surface area contributed by atoms with E-state index in [1.165, 1.54) is 6.07 Å². The Morgan fingerprint density at radius 3 is 2.54 bits per heavy atom. The fourth-order valence-corrected chi connectivity index (χ4v) is 3.88. The van der Waals surface area contributed by atoms with Crippen molar-refractivity contribution in [2.75, 3.05) is 24.7 Å². The number of carboxylic acids is 1. The number of hydrogen-bond donors (Lipinski definition) is 1. The molecule has 7 heteroatoms. The number of carbonyl (C=O) groups is 1. The molecule has 0 unspecified atom stereocenters. The van der Waals surface area contributed by atoms with E-state index in [9.17, 15) is 14.3 Å². The average Bonchev–Trinajstić information content (AvgIpc) is 3.04. The van der Waals surface area contributed by atoms with E-state index in [1.807, 2.05) is 11.0 Å². The predicted octanol–water partition coefficient (Wildman–Crippen LogP) is 3.40. The normalized spacial score (nSPS) is 16.7. The number of aromatic carboxylic acids is 1. The van der Waals surface area contributed by atoms with Gasteiger partial charge >= 0.3 is 5.97 Å². The topological polar surface area (TPSA) is 75.5 Å². The van der Waals surface area contributed by atoms with Crippen molar-refractivity contribution < 1.29 is 19.0 Å². The molecule has 0 aliphatic carbocycles. The number of benzene rings is 2. The third kappa shape index (κ3) is 2.47. The largest absolute Gasteiger partial charge is 0.478 e. The zero-order valence-electron chi connectivity index (χ0n) is 14.8. The molecule has 3 aromatic rings. The standard InChI is InChI=1S/C21H16FN3O3/c22-17-4-2-1-3-15(17)14-8-23-20(24-9-14)25-10-21(11-28-12-21)16-6-5-13(19(26)27)7-18(16)25/h1-9H,10-12H2,(H,26,27). The van der Waals surface area contributed by atoms with E-state index in [0.29, 0.717) is 36.8 Å². The van der Waals surface area contributed by atoms with Crippen LogP contribution < -0.4 is 4.90 Å². The highest BCUT2D eigenvalue weighted by Gasteiger charge is 2.49. The summed E-state index contributed by atoms with van der Waals surface area (Å²) in [5.74, 6) is -0.862. The lowest BCUT2D eigenvalue weighted by molar-refractivity contribution is -0.0507. The minimum Gasteiger partial charge on any atom is -0.478 e. The quantitative estimate of drug-likeness (QED) is 0.754. The summed E-state index contributed by atoms with van der Waals surface area (Å²) < 4.78 is 19.5. The van der Waals surface area contributed by atoms with E-state index < -0.39 is 5.97 Å². The van der Waals surface area contributed by atoms with Crippen LogP contribution in [0.1, 0.15) is 15.9 Å². The molecule has 2 aliphatic heterocycles. The highest BCUT2D eigenvalue weighted by atomic mass is 19.1. The molecule has 0 radical (unpaired) electrons. The van der Waals surface area contributed by atoms with Gasteiger partial charge in [0.1, 0.15) is 5.82 Å². The van der Waals surface area contributed by atoms with Gasteiger partial charge in [-0.15, -0.1) is 0 Å². The lowest BCUT2D eigenvalue weighted by Gasteiger charge is -2.38. The van der Waals surface area contributed by atoms with Crippen LogP contribution in [0.4, 0.5) is 16.0 Å². The molecular formula is C21H16FN3O3. The van der Waals surface area contributed by atoms with E-state index in [-0.39, 0.29) is 16.8 Å². The van der Waals surface area contributed by atoms with Gasteiger partial charge in [-0.1, -0.05) is 24.3 Å². The highest BCUT2D eigenvalue weighted by Crippen LogP contribution is 2.47. The number of anilines is 2. The monoisotopic (exact) mass is 377 g/mol. The molecule has 1 saturated heterocycles. The van der Waals surface area contributed by atoms with Gasteiger partial charge in [0.05, 0.1) is 24.2 Å². The Kier molecular flexibility index (Phi) is 3.67.